The SMILES string of the molecule is CC(C)=CCC(C)(CO)C1CC=C(C)C1(C)C. The second kappa shape index (κ2) is 4.97. The van der Waals surface area contributed by atoms with E-state index in [-0.39, 0.29) is 17.4 Å². The zero-order valence-electron chi connectivity index (χ0n) is 12.3. The minimum Gasteiger partial charge on any atom is -0.396 e. The van der Waals surface area contributed by atoms with Gasteiger partial charge in [-0.05, 0) is 50.4 Å². The highest BCUT2D eigenvalue weighted by Gasteiger charge is 2.45. The van der Waals surface area contributed by atoms with E-state index in [1.54, 1.807) is 0 Å². The maximum absolute atomic E-state index is 9.82. The molecule has 98 valence electrons. The lowest BCUT2D eigenvalue weighted by atomic mass is 9.63. The van der Waals surface area contributed by atoms with Crippen LogP contribution in [0.5, 0.6) is 0 Å². The van der Waals surface area contributed by atoms with E-state index in [4.69, 9.17) is 0 Å². The van der Waals surface area contributed by atoms with E-state index in [0.29, 0.717) is 5.92 Å². The Bertz CT molecular complexity index is 331. The normalized spacial score (nSPS) is 26.3. The van der Waals surface area contributed by atoms with Gasteiger partial charge >= 0.3 is 0 Å². The van der Waals surface area contributed by atoms with E-state index in [9.17, 15) is 5.11 Å². The van der Waals surface area contributed by atoms with E-state index < -0.39 is 0 Å². The third-order valence-corrected chi connectivity index (χ3v) is 4.73. The molecule has 0 fully saturated rings. The van der Waals surface area contributed by atoms with Crippen molar-refractivity contribution in [3.63, 3.8) is 0 Å². The molecule has 0 amide bonds. The summed E-state index contributed by atoms with van der Waals surface area (Å²) in [7, 11) is 0. The number of hydrogen-bond acceptors (Lipinski definition) is 1. The first-order valence-corrected chi connectivity index (χ1v) is 6.65. The summed E-state index contributed by atoms with van der Waals surface area (Å²) in [6.07, 6.45) is 6.69. The second-order valence-corrected chi connectivity index (χ2v) is 6.69. The van der Waals surface area contributed by atoms with Crippen LogP contribution in [0.3, 0.4) is 0 Å². The van der Waals surface area contributed by atoms with E-state index in [0.717, 1.165) is 12.8 Å². The number of aliphatic hydroxyl groups is 1. The first-order valence-electron chi connectivity index (χ1n) is 6.65. The smallest absolute Gasteiger partial charge is 0.0490 e. The molecule has 0 aliphatic heterocycles. The van der Waals surface area contributed by atoms with E-state index in [2.05, 4.69) is 53.7 Å². The number of hydrogen-bond donors (Lipinski definition) is 1. The van der Waals surface area contributed by atoms with Crippen molar-refractivity contribution in [3.8, 4) is 0 Å². The van der Waals surface area contributed by atoms with Crippen LogP contribution in [-0.2, 0) is 0 Å². The van der Waals surface area contributed by atoms with Crippen molar-refractivity contribution < 1.29 is 5.11 Å². The maximum Gasteiger partial charge on any atom is 0.0490 e. The van der Waals surface area contributed by atoms with Crippen molar-refractivity contribution in [2.24, 2.45) is 16.7 Å². The summed E-state index contributed by atoms with van der Waals surface area (Å²) in [4.78, 5) is 0. The minimum absolute atomic E-state index is 0.00493. The van der Waals surface area contributed by atoms with Gasteiger partial charge in [0, 0.05) is 6.61 Å². The number of rotatable bonds is 4. The maximum atomic E-state index is 9.82. The molecule has 0 heterocycles. The Morgan fingerprint density at radius 3 is 2.47 bits per heavy atom. The quantitative estimate of drug-likeness (QED) is 0.720. The van der Waals surface area contributed by atoms with E-state index >= 15 is 0 Å². The van der Waals surface area contributed by atoms with Gasteiger partial charge in [0.05, 0.1) is 0 Å². The van der Waals surface area contributed by atoms with Gasteiger partial charge in [-0.2, -0.15) is 0 Å². The molecule has 0 aromatic heterocycles. The highest BCUT2D eigenvalue weighted by atomic mass is 16.3. The van der Waals surface area contributed by atoms with Crippen LogP contribution in [0.2, 0.25) is 0 Å². The lowest BCUT2D eigenvalue weighted by molar-refractivity contribution is 0.0352. The average Bonchev–Trinajstić information content (AvgIpc) is 2.51. The molecule has 1 N–H and O–H groups in total. The zero-order valence-corrected chi connectivity index (χ0v) is 12.3. The monoisotopic (exact) mass is 236 g/mol. The molecule has 0 aromatic rings. The molecule has 0 radical (unpaired) electrons. The molecule has 1 rings (SSSR count). The van der Waals surface area contributed by atoms with Crippen LogP contribution in [0.25, 0.3) is 0 Å². The van der Waals surface area contributed by atoms with Gasteiger partial charge in [-0.25, -0.2) is 0 Å². The molecule has 1 nitrogen and oxygen atoms in total. The Morgan fingerprint density at radius 1 is 1.53 bits per heavy atom. The highest BCUT2D eigenvalue weighted by molar-refractivity contribution is 5.21. The molecular weight excluding hydrogens is 208 g/mol. The van der Waals surface area contributed by atoms with Crippen LogP contribution in [-0.4, -0.2) is 11.7 Å². The first kappa shape index (κ1) is 14.5. The van der Waals surface area contributed by atoms with Crippen LogP contribution >= 0.6 is 0 Å². The Kier molecular flexibility index (Phi) is 4.24. The van der Waals surface area contributed by atoms with Crippen LogP contribution in [0, 0.1) is 16.7 Å². The van der Waals surface area contributed by atoms with Crippen molar-refractivity contribution in [2.45, 2.75) is 54.4 Å². The fourth-order valence-corrected chi connectivity index (χ4v) is 3.04. The molecule has 2 unspecified atom stereocenters. The predicted molar refractivity (Wildman–Crippen MR) is 74.9 cm³/mol. The molecule has 1 aliphatic rings. The van der Waals surface area contributed by atoms with Crippen molar-refractivity contribution in [3.05, 3.63) is 23.3 Å². The summed E-state index contributed by atoms with van der Waals surface area (Å²) in [5.74, 6) is 0.538. The Morgan fingerprint density at radius 2 is 2.12 bits per heavy atom. The zero-order chi connectivity index (χ0) is 13.3. The van der Waals surface area contributed by atoms with Gasteiger partial charge in [0.2, 0.25) is 0 Å². The van der Waals surface area contributed by atoms with Crippen LogP contribution in [0.1, 0.15) is 54.4 Å². The van der Waals surface area contributed by atoms with Crippen LogP contribution < -0.4 is 0 Å². The predicted octanol–water partition coefficient (Wildman–Crippen LogP) is 4.33. The summed E-state index contributed by atoms with van der Waals surface area (Å²) < 4.78 is 0. The molecule has 0 saturated heterocycles. The summed E-state index contributed by atoms with van der Waals surface area (Å²) in [5.41, 5.74) is 3.02. The lowest BCUT2D eigenvalue weighted by Crippen LogP contribution is -2.38. The van der Waals surface area contributed by atoms with Crippen molar-refractivity contribution >= 4 is 0 Å². The highest BCUT2D eigenvalue weighted by Crippen LogP contribution is 2.52. The standard InChI is InChI=1S/C16H28O/c1-12(2)9-10-16(6,11-17)14-8-7-13(3)15(14,4)5/h7,9,14,17H,8,10-11H2,1-6H3. The van der Waals surface area contributed by atoms with E-state index in [1.165, 1.54) is 11.1 Å². The molecular formula is C16H28O. The first-order chi connectivity index (χ1) is 7.74. The molecule has 2 atom stereocenters. The van der Waals surface area contributed by atoms with Gasteiger partial charge in [-0.15, -0.1) is 0 Å². The summed E-state index contributed by atoms with van der Waals surface area (Å²) in [5, 5.41) is 9.82. The number of allylic oxidation sites excluding steroid dienone is 4. The third kappa shape index (κ3) is 2.82. The summed E-state index contributed by atoms with van der Waals surface area (Å²) in [6, 6.07) is 0. The Labute approximate surface area is 107 Å². The van der Waals surface area contributed by atoms with Crippen LogP contribution in [0.4, 0.5) is 0 Å². The van der Waals surface area contributed by atoms with Gasteiger partial charge in [0.15, 0.2) is 0 Å². The van der Waals surface area contributed by atoms with Gasteiger partial charge in [0.25, 0.3) is 0 Å². The Hall–Kier alpha value is -0.560. The summed E-state index contributed by atoms with van der Waals surface area (Å²) >= 11 is 0. The van der Waals surface area contributed by atoms with Gasteiger partial charge < -0.3 is 5.11 Å². The lowest BCUT2D eigenvalue weighted by Gasteiger charge is -2.42. The molecule has 0 bridgehead atoms. The second-order valence-electron chi connectivity index (χ2n) is 6.69. The molecule has 0 saturated carbocycles. The average molecular weight is 236 g/mol. The largest absolute Gasteiger partial charge is 0.396 e. The fourth-order valence-electron chi connectivity index (χ4n) is 3.04. The van der Waals surface area contributed by atoms with Crippen molar-refractivity contribution in [1.29, 1.82) is 0 Å². The van der Waals surface area contributed by atoms with Crippen molar-refractivity contribution in [2.75, 3.05) is 6.61 Å². The van der Waals surface area contributed by atoms with E-state index in [1.807, 2.05) is 0 Å². The molecule has 0 aromatic carbocycles. The van der Waals surface area contributed by atoms with Gasteiger partial charge in [-0.1, -0.05) is 44.1 Å². The Balaban J connectivity index is 2.92. The topological polar surface area (TPSA) is 20.2 Å². The van der Waals surface area contributed by atoms with Gasteiger partial charge in [0.1, 0.15) is 0 Å². The molecule has 0 spiro atoms. The van der Waals surface area contributed by atoms with Crippen LogP contribution in [0.15, 0.2) is 23.3 Å². The molecule has 1 aliphatic carbocycles. The molecule has 17 heavy (non-hydrogen) atoms. The van der Waals surface area contributed by atoms with Gasteiger partial charge in [-0.3, -0.25) is 0 Å². The fraction of sp³-hybridized carbons (Fsp3) is 0.750. The third-order valence-electron chi connectivity index (χ3n) is 4.73. The number of aliphatic hydroxyl groups excluding tert-OH is 1. The van der Waals surface area contributed by atoms with Crippen molar-refractivity contribution in [1.82, 2.24) is 0 Å². The minimum atomic E-state index is -0.00493. The summed E-state index contributed by atoms with van der Waals surface area (Å²) in [6.45, 7) is 13.6. The molecule has 1 heteroatoms.